The zero-order valence-electron chi connectivity index (χ0n) is 6.79. The zero-order valence-corrected chi connectivity index (χ0v) is 7.68. The Morgan fingerprint density at radius 2 is 2.18 bits per heavy atom. The molecule has 1 unspecified atom stereocenters. The maximum Gasteiger partial charge on any atom is 0.350 e. The van der Waals surface area contributed by atoms with Crippen molar-refractivity contribution in [3.8, 4) is 0 Å². The number of carbonyl (C=O) groups is 1. The van der Waals surface area contributed by atoms with Gasteiger partial charge in [0.05, 0.1) is 7.11 Å². The second kappa shape index (κ2) is 4.42. The van der Waals surface area contributed by atoms with Gasteiger partial charge < -0.3 is 9.47 Å². The summed E-state index contributed by atoms with van der Waals surface area (Å²) in [4.78, 5) is 10.9. The van der Waals surface area contributed by atoms with E-state index in [1.807, 2.05) is 0 Å². The van der Waals surface area contributed by atoms with Crippen LogP contribution in [0.25, 0.3) is 0 Å². The van der Waals surface area contributed by atoms with Gasteiger partial charge in [-0.3, -0.25) is 4.57 Å². The molecule has 0 heterocycles. The van der Waals surface area contributed by atoms with Crippen LogP contribution in [-0.4, -0.2) is 25.0 Å². The molecule has 11 heavy (non-hydrogen) atoms. The Morgan fingerprint density at radius 1 is 1.64 bits per heavy atom. The third kappa shape index (κ3) is 2.56. The summed E-state index contributed by atoms with van der Waals surface area (Å²) in [6.45, 7) is 3.45. The average molecular weight is 178 g/mol. The van der Waals surface area contributed by atoms with E-state index in [4.69, 9.17) is 4.74 Å². The van der Waals surface area contributed by atoms with Crippen molar-refractivity contribution >= 4 is 14.4 Å². The first kappa shape index (κ1) is 10.5. The summed E-state index contributed by atoms with van der Waals surface area (Å²) >= 11 is 0. The van der Waals surface area contributed by atoms with Crippen molar-refractivity contribution < 1.29 is 18.8 Å². The van der Waals surface area contributed by atoms with Gasteiger partial charge in [0.15, 0.2) is 0 Å². The largest absolute Gasteiger partial charge is 0.466 e. The lowest BCUT2D eigenvalue weighted by atomic mass is 10.4. The van der Waals surface area contributed by atoms with Crippen LogP contribution in [0.5, 0.6) is 0 Å². The van der Waals surface area contributed by atoms with Crippen LogP contribution in [-0.2, 0) is 18.8 Å². The van der Waals surface area contributed by atoms with Crippen LogP contribution >= 0.6 is 8.46 Å². The smallest absolute Gasteiger partial charge is 0.350 e. The topological polar surface area (TPSA) is 52.6 Å². The standard InChI is InChI=1S/C6H11O4P/c1-4-10-6(2,11-8)5(7)9-3/h4H2,1-3H3. The van der Waals surface area contributed by atoms with E-state index in [9.17, 15) is 9.36 Å². The van der Waals surface area contributed by atoms with Gasteiger partial charge in [-0.25, -0.2) is 4.79 Å². The van der Waals surface area contributed by atoms with Crippen molar-refractivity contribution in [3.63, 3.8) is 0 Å². The molecule has 0 fully saturated rings. The van der Waals surface area contributed by atoms with Gasteiger partial charge in [0.1, 0.15) is 0 Å². The molecule has 0 aromatic rings. The Morgan fingerprint density at radius 3 is 2.45 bits per heavy atom. The van der Waals surface area contributed by atoms with Gasteiger partial charge in [-0.2, -0.15) is 0 Å². The van der Waals surface area contributed by atoms with E-state index in [0.717, 1.165) is 0 Å². The highest BCUT2D eigenvalue weighted by Gasteiger charge is 2.36. The predicted molar refractivity (Wildman–Crippen MR) is 39.7 cm³/mol. The summed E-state index contributed by atoms with van der Waals surface area (Å²) in [7, 11) is 0.843. The maximum absolute atomic E-state index is 10.9. The zero-order chi connectivity index (χ0) is 8.91. The monoisotopic (exact) mass is 178 g/mol. The highest BCUT2D eigenvalue weighted by atomic mass is 31.1. The molecular weight excluding hydrogens is 167 g/mol. The van der Waals surface area contributed by atoms with Gasteiger partial charge >= 0.3 is 5.97 Å². The Hall–Kier alpha value is -0.470. The second-order valence-electron chi connectivity index (χ2n) is 2.00. The Balaban J connectivity index is 4.31. The predicted octanol–water partition coefficient (Wildman–Crippen LogP) is 1.20. The summed E-state index contributed by atoms with van der Waals surface area (Å²) in [6.07, 6.45) is 0. The van der Waals surface area contributed by atoms with E-state index in [0.29, 0.717) is 6.61 Å². The van der Waals surface area contributed by atoms with Crippen molar-refractivity contribution in [2.24, 2.45) is 0 Å². The third-order valence-corrected chi connectivity index (χ3v) is 1.82. The minimum atomic E-state index is -1.34. The Labute approximate surface area is 67.1 Å². The number of methoxy groups -OCH3 is 1. The van der Waals surface area contributed by atoms with E-state index >= 15 is 0 Å². The highest BCUT2D eigenvalue weighted by Crippen LogP contribution is 2.25. The van der Waals surface area contributed by atoms with Crippen LogP contribution in [0.3, 0.4) is 0 Å². The molecule has 0 radical (unpaired) electrons. The SMILES string of the molecule is CCOC(C)(P=O)C(=O)OC. The minimum Gasteiger partial charge on any atom is -0.466 e. The van der Waals surface area contributed by atoms with E-state index < -0.39 is 11.3 Å². The van der Waals surface area contributed by atoms with Crippen LogP contribution in [0.2, 0.25) is 0 Å². The fraction of sp³-hybridized carbons (Fsp3) is 0.833. The van der Waals surface area contributed by atoms with Crippen molar-refractivity contribution in [1.82, 2.24) is 0 Å². The average Bonchev–Trinajstić information content (AvgIpc) is 2.03. The van der Waals surface area contributed by atoms with Crippen molar-refractivity contribution in [2.45, 2.75) is 19.2 Å². The number of hydrogen-bond acceptors (Lipinski definition) is 4. The summed E-state index contributed by atoms with van der Waals surface area (Å²) in [5.41, 5.74) is 0. The molecule has 0 spiro atoms. The molecule has 0 saturated carbocycles. The van der Waals surface area contributed by atoms with Crippen LogP contribution < -0.4 is 0 Å². The van der Waals surface area contributed by atoms with Crippen molar-refractivity contribution in [2.75, 3.05) is 13.7 Å². The van der Waals surface area contributed by atoms with Crippen molar-refractivity contribution in [1.29, 1.82) is 0 Å². The molecule has 0 aliphatic carbocycles. The van der Waals surface area contributed by atoms with Gasteiger partial charge in [-0.05, 0) is 13.8 Å². The molecule has 0 aliphatic heterocycles. The number of esters is 1. The lowest BCUT2D eigenvalue weighted by Gasteiger charge is -2.17. The lowest BCUT2D eigenvalue weighted by Crippen LogP contribution is -2.33. The summed E-state index contributed by atoms with van der Waals surface area (Å²) in [6, 6.07) is 0. The van der Waals surface area contributed by atoms with Gasteiger partial charge in [-0.1, -0.05) is 0 Å². The molecule has 1 atom stereocenters. The molecule has 0 aromatic heterocycles. The number of ether oxygens (including phenoxy) is 2. The summed E-state index contributed by atoms with van der Waals surface area (Å²) < 4.78 is 19.8. The Bertz CT molecular complexity index is 159. The molecule has 5 heteroatoms. The first-order chi connectivity index (χ1) is 5.10. The van der Waals surface area contributed by atoms with E-state index in [-0.39, 0.29) is 8.46 Å². The number of rotatable bonds is 4. The maximum atomic E-state index is 10.9. The molecule has 0 aromatic carbocycles. The molecule has 0 aliphatic rings. The van der Waals surface area contributed by atoms with Crippen LogP contribution in [0, 0.1) is 0 Å². The Kier molecular flexibility index (Phi) is 4.23. The highest BCUT2D eigenvalue weighted by molar-refractivity contribution is 7.27. The van der Waals surface area contributed by atoms with Crippen molar-refractivity contribution in [3.05, 3.63) is 0 Å². The van der Waals surface area contributed by atoms with Gasteiger partial charge in [0.25, 0.3) is 0 Å². The summed E-state index contributed by atoms with van der Waals surface area (Å²) in [5.74, 6) is -0.629. The second-order valence-corrected chi connectivity index (χ2v) is 3.03. The quantitative estimate of drug-likeness (QED) is 0.479. The van der Waals surface area contributed by atoms with E-state index in [1.165, 1.54) is 14.0 Å². The molecule has 0 saturated heterocycles. The molecule has 0 N–H and O–H groups in total. The normalized spacial score (nSPS) is 15.9. The molecule has 0 rings (SSSR count). The summed E-state index contributed by atoms with van der Waals surface area (Å²) in [5, 5.41) is -1.34. The van der Waals surface area contributed by atoms with E-state index in [1.54, 1.807) is 6.92 Å². The van der Waals surface area contributed by atoms with Gasteiger partial charge in [-0.15, -0.1) is 0 Å². The fourth-order valence-corrected chi connectivity index (χ4v) is 0.941. The van der Waals surface area contributed by atoms with Crippen LogP contribution in [0.4, 0.5) is 0 Å². The van der Waals surface area contributed by atoms with Crippen LogP contribution in [0.1, 0.15) is 13.8 Å². The number of carbonyl (C=O) groups excluding carboxylic acids is 1. The molecule has 0 bridgehead atoms. The molecule has 64 valence electrons. The number of hydrogen-bond donors (Lipinski definition) is 0. The van der Waals surface area contributed by atoms with Crippen LogP contribution in [0.15, 0.2) is 0 Å². The first-order valence-electron chi connectivity index (χ1n) is 3.17. The van der Waals surface area contributed by atoms with Gasteiger partial charge in [0.2, 0.25) is 13.8 Å². The van der Waals surface area contributed by atoms with Gasteiger partial charge in [0, 0.05) is 6.61 Å². The fourth-order valence-electron chi connectivity index (χ4n) is 0.593. The lowest BCUT2D eigenvalue weighted by molar-refractivity contribution is -0.156. The molecule has 0 amide bonds. The molecule has 4 nitrogen and oxygen atoms in total. The van der Waals surface area contributed by atoms with E-state index in [2.05, 4.69) is 4.74 Å². The first-order valence-corrected chi connectivity index (χ1v) is 3.98. The molecular formula is C6H11O4P. The third-order valence-electron chi connectivity index (χ3n) is 1.16. The minimum absolute atomic E-state index is 0.320.